The summed E-state index contributed by atoms with van der Waals surface area (Å²) in [5.41, 5.74) is 9.91. The number of nitrogens with two attached hydrogens (primary N) is 1. The van der Waals surface area contributed by atoms with Crippen molar-refractivity contribution in [3.63, 3.8) is 0 Å². The number of amides is 1. The SMILES string of the molecule is [C-]#[N+]c1c(N)ncnc1NC(C)c1cc2ccccn2c1C1=CCN(C(=O)OC(C)(C)C)CC1. The van der Waals surface area contributed by atoms with Gasteiger partial charge in [0.1, 0.15) is 23.6 Å². The molecule has 0 fully saturated rings. The molecule has 0 bridgehead atoms. The maximum atomic E-state index is 12.5. The molecule has 1 aliphatic heterocycles. The fourth-order valence-corrected chi connectivity index (χ4v) is 4.08. The monoisotopic (exact) mass is 459 g/mol. The van der Waals surface area contributed by atoms with Crippen LogP contribution in [0, 0.1) is 6.57 Å². The highest BCUT2D eigenvalue weighted by atomic mass is 16.6. The minimum atomic E-state index is -0.526. The van der Waals surface area contributed by atoms with Crippen molar-refractivity contribution in [1.82, 2.24) is 19.3 Å². The van der Waals surface area contributed by atoms with Crippen molar-refractivity contribution in [3.05, 3.63) is 65.5 Å². The molecule has 4 rings (SSSR count). The van der Waals surface area contributed by atoms with Gasteiger partial charge in [-0.3, -0.25) is 0 Å². The highest BCUT2D eigenvalue weighted by Crippen LogP contribution is 2.36. The lowest BCUT2D eigenvalue weighted by molar-refractivity contribution is 0.0270. The molecular weight excluding hydrogens is 430 g/mol. The molecular formula is C25H29N7O2. The molecule has 3 N–H and O–H groups in total. The molecule has 1 aliphatic rings. The maximum Gasteiger partial charge on any atom is 0.410 e. The van der Waals surface area contributed by atoms with E-state index in [0.29, 0.717) is 25.3 Å². The summed E-state index contributed by atoms with van der Waals surface area (Å²) in [4.78, 5) is 25.9. The largest absolute Gasteiger partial charge is 0.444 e. The van der Waals surface area contributed by atoms with Crippen LogP contribution in [0.1, 0.15) is 51.4 Å². The molecule has 0 saturated heterocycles. The number of nitrogens with one attached hydrogen (secondary N) is 1. The number of ether oxygens (including phenoxy) is 1. The first kappa shape index (κ1) is 23.1. The zero-order valence-corrected chi connectivity index (χ0v) is 19.9. The molecule has 34 heavy (non-hydrogen) atoms. The highest BCUT2D eigenvalue weighted by molar-refractivity contribution is 5.78. The first-order valence-electron chi connectivity index (χ1n) is 11.2. The Balaban J connectivity index is 1.66. The second kappa shape index (κ2) is 9.06. The van der Waals surface area contributed by atoms with Crippen molar-refractivity contribution >= 4 is 34.5 Å². The zero-order chi connectivity index (χ0) is 24.5. The molecule has 0 saturated carbocycles. The zero-order valence-electron chi connectivity index (χ0n) is 19.9. The summed E-state index contributed by atoms with van der Waals surface area (Å²) in [6, 6.07) is 8.04. The molecule has 9 nitrogen and oxygen atoms in total. The van der Waals surface area contributed by atoms with Gasteiger partial charge >= 0.3 is 6.09 Å². The van der Waals surface area contributed by atoms with E-state index in [-0.39, 0.29) is 23.6 Å². The van der Waals surface area contributed by atoms with E-state index in [2.05, 4.69) is 42.7 Å². The number of nitrogen functional groups attached to an aromatic ring is 1. The first-order valence-corrected chi connectivity index (χ1v) is 11.2. The third kappa shape index (κ3) is 4.66. The molecule has 0 spiro atoms. The molecule has 1 unspecified atom stereocenters. The van der Waals surface area contributed by atoms with Gasteiger partial charge in [0.05, 0.1) is 18.3 Å². The lowest BCUT2D eigenvalue weighted by atomic mass is 9.98. The van der Waals surface area contributed by atoms with Gasteiger partial charge in [0.25, 0.3) is 5.69 Å². The summed E-state index contributed by atoms with van der Waals surface area (Å²) in [5, 5.41) is 3.34. The minimum Gasteiger partial charge on any atom is -0.444 e. The molecule has 3 aromatic rings. The Hall–Kier alpha value is -4.06. The summed E-state index contributed by atoms with van der Waals surface area (Å²) in [6.07, 6.45) is 5.88. The van der Waals surface area contributed by atoms with E-state index < -0.39 is 5.60 Å². The molecule has 1 amide bonds. The van der Waals surface area contributed by atoms with Gasteiger partial charge in [0, 0.05) is 30.4 Å². The normalized spacial score (nSPS) is 14.9. The van der Waals surface area contributed by atoms with Crippen LogP contribution in [-0.4, -0.2) is 44.1 Å². The standard InChI is InChI=1S/C25H29N7O2/c1-16(30-23-20(27-5)22(26)28-15-29-23)19-14-18-8-6-7-11-32(18)21(19)17-9-12-31(13-10-17)24(33)34-25(2,3)4/h6-9,11,14-16H,10,12-13H2,1-4H3,(H3,26,28,29,30). The average Bonchev–Trinajstić information content (AvgIpc) is 3.18. The minimum absolute atomic E-state index is 0.152. The van der Waals surface area contributed by atoms with Crippen molar-refractivity contribution < 1.29 is 9.53 Å². The van der Waals surface area contributed by atoms with Crippen LogP contribution in [0.3, 0.4) is 0 Å². The van der Waals surface area contributed by atoms with Crippen LogP contribution in [0.15, 0.2) is 42.9 Å². The van der Waals surface area contributed by atoms with Gasteiger partial charge in [-0.05, 0) is 57.9 Å². The summed E-state index contributed by atoms with van der Waals surface area (Å²) in [6.45, 7) is 16.1. The Morgan fingerprint density at radius 2 is 2.12 bits per heavy atom. The van der Waals surface area contributed by atoms with Crippen molar-refractivity contribution in [1.29, 1.82) is 0 Å². The van der Waals surface area contributed by atoms with E-state index in [0.717, 1.165) is 22.3 Å². The maximum absolute atomic E-state index is 12.5. The predicted molar refractivity (Wildman–Crippen MR) is 133 cm³/mol. The number of rotatable bonds is 4. The average molecular weight is 460 g/mol. The Morgan fingerprint density at radius 1 is 1.32 bits per heavy atom. The van der Waals surface area contributed by atoms with E-state index in [1.54, 1.807) is 4.90 Å². The van der Waals surface area contributed by atoms with Crippen LogP contribution >= 0.6 is 0 Å². The van der Waals surface area contributed by atoms with Crippen LogP contribution in [-0.2, 0) is 4.74 Å². The van der Waals surface area contributed by atoms with Gasteiger partial charge in [-0.1, -0.05) is 12.1 Å². The summed E-state index contributed by atoms with van der Waals surface area (Å²) in [7, 11) is 0. The van der Waals surface area contributed by atoms with Crippen LogP contribution < -0.4 is 11.1 Å². The van der Waals surface area contributed by atoms with Crippen molar-refractivity contribution in [2.24, 2.45) is 0 Å². The summed E-state index contributed by atoms with van der Waals surface area (Å²) in [5.74, 6) is 0.559. The van der Waals surface area contributed by atoms with E-state index >= 15 is 0 Å². The van der Waals surface area contributed by atoms with E-state index in [1.807, 2.05) is 46.0 Å². The van der Waals surface area contributed by atoms with E-state index in [9.17, 15) is 4.79 Å². The topological polar surface area (TPSA) is 102 Å². The third-order valence-electron chi connectivity index (χ3n) is 5.66. The Labute approximate surface area is 199 Å². The molecule has 0 aromatic carbocycles. The van der Waals surface area contributed by atoms with Gasteiger partial charge < -0.3 is 25.1 Å². The van der Waals surface area contributed by atoms with Gasteiger partial charge in [-0.2, -0.15) is 0 Å². The van der Waals surface area contributed by atoms with E-state index in [1.165, 1.54) is 6.33 Å². The molecule has 4 heterocycles. The number of anilines is 2. The van der Waals surface area contributed by atoms with Crippen molar-refractivity contribution in [2.75, 3.05) is 24.1 Å². The van der Waals surface area contributed by atoms with E-state index in [4.69, 9.17) is 17.0 Å². The molecule has 9 heteroatoms. The molecule has 0 aliphatic carbocycles. The quantitative estimate of drug-likeness (QED) is 0.529. The smallest absolute Gasteiger partial charge is 0.410 e. The predicted octanol–water partition coefficient (Wildman–Crippen LogP) is 5.06. The first-order chi connectivity index (χ1) is 16.2. The highest BCUT2D eigenvalue weighted by Gasteiger charge is 2.27. The summed E-state index contributed by atoms with van der Waals surface area (Å²) < 4.78 is 7.69. The number of nitrogens with zero attached hydrogens (tertiary/aromatic N) is 5. The number of carbonyl (C=O) groups is 1. The van der Waals surface area contributed by atoms with Crippen molar-refractivity contribution in [3.8, 4) is 0 Å². The molecule has 3 aromatic heterocycles. The van der Waals surface area contributed by atoms with Gasteiger partial charge in [-0.25, -0.2) is 19.6 Å². The second-order valence-electron chi connectivity index (χ2n) is 9.28. The Bertz CT molecular complexity index is 1300. The molecule has 0 radical (unpaired) electrons. The van der Waals surface area contributed by atoms with Crippen LogP contribution in [0.4, 0.5) is 22.1 Å². The lowest BCUT2D eigenvalue weighted by Gasteiger charge is -2.30. The number of hydrogen-bond donors (Lipinski definition) is 2. The number of fused-ring (bicyclic) bond motifs is 1. The third-order valence-corrected chi connectivity index (χ3v) is 5.66. The fourth-order valence-electron chi connectivity index (χ4n) is 4.08. The second-order valence-corrected chi connectivity index (χ2v) is 9.28. The van der Waals surface area contributed by atoms with Gasteiger partial charge in [-0.15, -0.1) is 0 Å². The van der Waals surface area contributed by atoms with Crippen molar-refractivity contribution in [2.45, 2.75) is 45.8 Å². The number of carbonyl (C=O) groups excluding carboxylic acids is 1. The fraction of sp³-hybridized carbons (Fsp3) is 0.360. The van der Waals surface area contributed by atoms with Gasteiger partial charge in [0.15, 0.2) is 0 Å². The summed E-state index contributed by atoms with van der Waals surface area (Å²) >= 11 is 0. The van der Waals surface area contributed by atoms with Crippen LogP contribution in [0.5, 0.6) is 0 Å². The number of aromatic nitrogens is 3. The van der Waals surface area contributed by atoms with Crippen LogP contribution in [0.2, 0.25) is 0 Å². The Morgan fingerprint density at radius 3 is 2.79 bits per heavy atom. The number of hydrogen-bond acceptors (Lipinski definition) is 6. The van der Waals surface area contributed by atoms with Crippen LogP contribution in [0.25, 0.3) is 15.9 Å². The molecule has 1 atom stereocenters. The van der Waals surface area contributed by atoms with Gasteiger partial charge in [0.2, 0.25) is 0 Å². The number of pyridine rings is 1. The molecule has 176 valence electrons. The Kier molecular flexibility index (Phi) is 6.16. The lowest BCUT2D eigenvalue weighted by Crippen LogP contribution is -2.39.